The third kappa shape index (κ3) is 9.29. The summed E-state index contributed by atoms with van der Waals surface area (Å²) in [5.41, 5.74) is 2.08. The first-order chi connectivity index (χ1) is 28.2. The number of fused-ring (bicyclic) bond motifs is 3. The van der Waals surface area contributed by atoms with Crippen LogP contribution >= 0.6 is 0 Å². The number of hydrogen-bond donors (Lipinski definition) is 2. The van der Waals surface area contributed by atoms with Gasteiger partial charge >= 0.3 is 0 Å². The maximum atomic E-state index is 14.8. The molecule has 4 aliphatic rings. The number of ether oxygens (including phenoxy) is 3. The number of nitrogens with zero attached hydrogens (tertiary/aromatic N) is 4. The highest BCUT2D eigenvalue weighted by atomic mass is 16.5. The lowest BCUT2D eigenvalue weighted by molar-refractivity contribution is -0.153. The molecule has 3 aromatic carbocycles. The SMILES string of the molecule is COc1ccc(C[C@H]2C(=O)N[C@@H](C)C(=O)N(C)[C@H]3Cc4ccc(cc4)Oc4cc(ccc4OC)C[C@@H](C(=O)N[C@H](C)C(=O)N4CCCC[C@H]4C(=O)N2C)N(C)C3=O)cc1. The topological polar surface area (TPSA) is 167 Å². The Hall–Kier alpha value is -6.12. The lowest BCUT2D eigenvalue weighted by Crippen LogP contribution is -2.63. The maximum absolute atomic E-state index is 14.8. The number of benzene rings is 3. The molecule has 59 heavy (non-hydrogen) atoms. The summed E-state index contributed by atoms with van der Waals surface area (Å²) in [6, 6.07) is 13.0. The molecule has 15 heteroatoms. The van der Waals surface area contributed by atoms with E-state index in [2.05, 4.69) is 10.6 Å². The quantitative estimate of drug-likeness (QED) is 0.403. The van der Waals surface area contributed by atoms with Crippen LogP contribution < -0.4 is 24.8 Å². The van der Waals surface area contributed by atoms with Crippen molar-refractivity contribution in [2.75, 3.05) is 41.9 Å². The summed E-state index contributed by atoms with van der Waals surface area (Å²) in [7, 11) is 7.60. The Morgan fingerprint density at radius 2 is 1.25 bits per heavy atom. The zero-order chi connectivity index (χ0) is 42.5. The molecule has 2 N–H and O–H groups in total. The molecule has 6 amide bonds. The first kappa shape index (κ1) is 42.5. The molecule has 6 bridgehead atoms. The fourth-order valence-corrected chi connectivity index (χ4v) is 8.06. The molecule has 0 aliphatic carbocycles. The number of hydrogen-bond acceptors (Lipinski definition) is 9. The largest absolute Gasteiger partial charge is 0.497 e. The van der Waals surface area contributed by atoms with Gasteiger partial charge in [-0.1, -0.05) is 30.3 Å². The molecule has 2 fully saturated rings. The molecule has 0 aromatic heterocycles. The van der Waals surface area contributed by atoms with Gasteiger partial charge in [-0.05, 0) is 86.2 Å². The fraction of sp³-hybridized carbons (Fsp3) is 0.455. The van der Waals surface area contributed by atoms with E-state index < -0.39 is 71.7 Å². The molecule has 2 saturated heterocycles. The second-order valence-electron chi connectivity index (χ2n) is 15.6. The first-order valence-corrected chi connectivity index (χ1v) is 20.0. The first-order valence-electron chi connectivity index (χ1n) is 20.0. The second kappa shape index (κ2) is 18.2. The van der Waals surface area contributed by atoms with E-state index in [1.165, 1.54) is 54.8 Å². The van der Waals surface area contributed by atoms with Gasteiger partial charge in [-0.2, -0.15) is 0 Å². The van der Waals surface area contributed by atoms with Crippen molar-refractivity contribution in [2.24, 2.45) is 0 Å². The van der Waals surface area contributed by atoms with E-state index >= 15 is 0 Å². The van der Waals surface area contributed by atoms with E-state index in [4.69, 9.17) is 14.2 Å². The Morgan fingerprint density at radius 1 is 0.644 bits per heavy atom. The smallest absolute Gasteiger partial charge is 0.246 e. The monoisotopic (exact) mass is 810 g/mol. The van der Waals surface area contributed by atoms with E-state index in [1.807, 2.05) is 0 Å². The maximum Gasteiger partial charge on any atom is 0.246 e. The van der Waals surface area contributed by atoms with Crippen molar-refractivity contribution in [3.8, 4) is 23.0 Å². The van der Waals surface area contributed by atoms with Gasteiger partial charge in [0.25, 0.3) is 0 Å². The molecule has 0 spiro atoms. The average molecular weight is 811 g/mol. The van der Waals surface area contributed by atoms with Crippen molar-refractivity contribution < 1.29 is 43.0 Å². The number of piperidine rings is 1. The average Bonchev–Trinajstić information content (AvgIpc) is 3.24. The molecule has 15 nitrogen and oxygen atoms in total. The van der Waals surface area contributed by atoms with Crippen LogP contribution in [0.15, 0.2) is 66.7 Å². The van der Waals surface area contributed by atoms with E-state index in [9.17, 15) is 28.8 Å². The Morgan fingerprint density at radius 3 is 1.93 bits per heavy atom. The lowest BCUT2D eigenvalue weighted by atomic mass is 9.97. The molecule has 0 unspecified atom stereocenters. The van der Waals surface area contributed by atoms with E-state index in [-0.39, 0.29) is 25.8 Å². The number of carbonyl (C=O) groups excluding carboxylic acids is 6. The van der Waals surface area contributed by atoms with Crippen molar-refractivity contribution in [1.29, 1.82) is 0 Å². The summed E-state index contributed by atoms with van der Waals surface area (Å²) in [6.45, 7) is 3.36. The minimum atomic E-state index is -1.14. The molecular formula is C44H54N6O9. The number of rotatable bonds is 4. The van der Waals surface area contributed by atoms with Gasteiger partial charge in [-0.15, -0.1) is 0 Å². The van der Waals surface area contributed by atoms with Crippen LogP contribution in [-0.2, 0) is 48.0 Å². The lowest BCUT2D eigenvalue weighted by Gasteiger charge is -2.40. The zero-order valence-electron chi connectivity index (χ0n) is 34.7. The molecule has 0 saturated carbocycles. The van der Waals surface area contributed by atoms with Crippen molar-refractivity contribution in [2.45, 2.75) is 88.6 Å². The van der Waals surface area contributed by atoms with Crippen LogP contribution in [0.3, 0.4) is 0 Å². The van der Waals surface area contributed by atoms with Gasteiger partial charge in [-0.25, -0.2) is 0 Å². The Labute approximate surface area is 344 Å². The van der Waals surface area contributed by atoms with Gasteiger partial charge in [0.2, 0.25) is 35.4 Å². The van der Waals surface area contributed by atoms with Crippen LogP contribution in [0.1, 0.15) is 49.8 Å². The molecule has 0 radical (unpaired) electrons. The van der Waals surface area contributed by atoms with Crippen LogP contribution in [0.5, 0.6) is 23.0 Å². The van der Waals surface area contributed by atoms with Crippen molar-refractivity contribution in [3.05, 3.63) is 83.4 Å². The Bertz CT molecular complexity index is 2060. The summed E-state index contributed by atoms with van der Waals surface area (Å²) in [4.78, 5) is 92.1. The number of amides is 6. The minimum absolute atomic E-state index is 0.0228. The van der Waals surface area contributed by atoms with Crippen LogP contribution in [-0.4, -0.2) is 133 Å². The van der Waals surface area contributed by atoms with Gasteiger partial charge in [0.1, 0.15) is 47.8 Å². The number of likely N-dealkylation sites (N-methyl/N-ethyl adjacent to an activating group) is 3. The number of carbonyl (C=O) groups is 6. The summed E-state index contributed by atoms with van der Waals surface area (Å²) < 4.78 is 17.1. The standard InChI is InChI=1S/C44H54N6O9/c1-26-41(53)49(5)36-23-29-13-18-32(19-14-29)59-38-25-30(15-20-37(38)58-7)24-35(48(4)44(36)56)40(52)46-27(2)42(54)50-21-9-8-10-33(50)43(55)47(3)34(39(51)45-26)22-28-11-16-31(57-6)17-12-28/h11-20,25-27,33-36H,8-10,21-24H2,1-7H3,(H,45,51)(H,46,52)/t26-,27+,33-,34-,35-,36-/m0/s1. The van der Waals surface area contributed by atoms with Crippen LogP contribution in [0, 0.1) is 0 Å². The molecule has 4 aliphatic heterocycles. The summed E-state index contributed by atoms with van der Waals surface area (Å²) >= 11 is 0. The molecule has 7 rings (SSSR count). The summed E-state index contributed by atoms with van der Waals surface area (Å²) in [5.74, 6) is -1.15. The van der Waals surface area contributed by atoms with Crippen LogP contribution in [0.25, 0.3) is 0 Å². The van der Waals surface area contributed by atoms with Gasteiger partial charge in [-0.3, -0.25) is 28.8 Å². The van der Waals surface area contributed by atoms with Gasteiger partial charge in [0, 0.05) is 47.0 Å². The number of methoxy groups -OCH3 is 2. The third-order valence-corrected chi connectivity index (χ3v) is 11.7. The highest BCUT2D eigenvalue weighted by molar-refractivity contribution is 5.98. The highest BCUT2D eigenvalue weighted by Gasteiger charge is 2.42. The van der Waals surface area contributed by atoms with Crippen molar-refractivity contribution in [3.63, 3.8) is 0 Å². The molecular weight excluding hydrogens is 757 g/mol. The van der Waals surface area contributed by atoms with Crippen LogP contribution in [0.2, 0.25) is 0 Å². The Balaban J connectivity index is 1.43. The summed E-state index contributed by atoms with van der Waals surface area (Å²) in [6.07, 6.45) is 1.87. The second-order valence-corrected chi connectivity index (χ2v) is 15.6. The zero-order valence-corrected chi connectivity index (χ0v) is 34.7. The van der Waals surface area contributed by atoms with Crippen LogP contribution in [0.4, 0.5) is 0 Å². The molecule has 4 heterocycles. The molecule has 6 atom stereocenters. The van der Waals surface area contributed by atoms with E-state index in [0.29, 0.717) is 53.4 Å². The van der Waals surface area contributed by atoms with Gasteiger partial charge in [0.05, 0.1) is 14.2 Å². The third-order valence-electron chi connectivity index (χ3n) is 11.7. The van der Waals surface area contributed by atoms with Crippen molar-refractivity contribution in [1.82, 2.24) is 30.2 Å². The van der Waals surface area contributed by atoms with Crippen molar-refractivity contribution >= 4 is 35.4 Å². The van der Waals surface area contributed by atoms with E-state index in [1.54, 1.807) is 80.8 Å². The molecule has 314 valence electrons. The predicted octanol–water partition coefficient (Wildman–Crippen LogP) is 2.72. The van der Waals surface area contributed by atoms with Gasteiger partial charge < -0.3 is 44.4 Å². The summed E-state index contributed by atoms with van der Waals surface area (Å²) in [5, 5.41) is 5.69. The molecule has 3 aromatic rings. The normalized spacial score (nSPS) is 25.0. The predicted molar refractivity (Wildman–Crippen MR) is 218 cm³/mol. The fourth-order valence-electron chi connectivity index (χ4n) is 8.06. The van der Waals surface area contributed by atoms with E-state index in [0.717, 1.165) is 5.56 Å². The highest BCUT2D eigenvalue weighted by Crippen LogP contribution is 2.34. The Kier molecular flexibility index (Phi) is 13.1. The van der Waals surface area contributed by atoms with Gasteiger partial charge in [0.15, 0.2) is 11.5 Å². The minimum Gasteiger partial charge on any atom is -0.497 e. The number of nitrogens with one attached hydrogen (secondary N) is 2.